The van der Waals surface area contributed by atoms with Crippen LogP contribution in [0.2, 0.25) is 10.0 Å². The maximum atomic E-state index is 11.8. The van der Waals surface area contributed by atoms with E-state index in [0.29, 0.717) is 27.3 Å². The fraction of sp³-hybridized carbons (Fsp3) is 0.368. The molecule has 0 aliphatic rings. The van der Waals surface area contributed by atoms with Crippen molar-refractivity contribution in [2.45, 2.75) is 45.4 Å². The van der Waals surface area contributed by atoms with Crippen molar-refractivity contribution in [2.75, 3.05) is 0 Å². The summed E-state index contributed by atoms with van der Waals surface area (Å²) in [4.78, 5) is 23.2. The first-order chi connectivity index (χ1) is 13.0. The Morgan fingerprint density at radius 1 is 1.18 bits per heavy atom. The summed E-state index contributed by atoms with van der Waals surface area (Å²) in [5.41, 5.74) is -0.732. The van der Waals surface area contributed by atoms with Gasteiger partial charge in [0.05, 0.1) is 5.02 Å². The van der Waals surface area contributed by atoms with Gasteiger partial charge in [0.15, 0.2) is 0 Å². The van der Waals surface area contributed by atoms with Crippen LogP contribution in [0.1, 0.15) is 32.3 Å². The van der Waals surface area contributed by atoms with Crippen LogP contribution in [0, 0.1) is 0 Å². The molecule has 28 heavy (non-hydrogen) atoms. The number of amides is 1. The number of halogens is 2. The van der Waals surface area contributed by atoms with Crippen LogP contribution in [-0.4, -0.2) is 28.8 Å². The van der Waals surface area contributed by atoms with Gasteiger partial charge in [-0.15, -0.1) is 0 Å². The first-order valence-electron chi connectivity index (χ1n) is 8.41. The number of nitrogens with one attached hydrogen (secondary N) is 1. The molecule has 1 amide bonds. The molecule has 1 atom stereocenters. The van der Waals surface area contributed by atoms with Crippen LogP contribution in [0.4, 0.5) is 4.79 Å². The van der Waals surface area contributed by atoms with E-state index in [2.05, 4.69) is 5.32 Å². The summed E-state index contributed by atoms with van der Waals surface area (Å²) in [5.74, 6) is 0.0413. The molecule has 1 unspecified atom stereocenters. The molecule has 2 N–H and O–H groups in total. The normalized spacial score (nSPS) is 12.3. The molecule has 0 fully saturated rings. The molecule has 1 aromatic carbocycles. The van der Waals surface area contributed by atoms with Crippen LogP contribution >= 0.6 is 23.2 Å². The molecule has 1 heterocycles. The molecule has 2 rings (SSSR count). The van der Waals surface area contributed by atoms with Crippen molar-refractivity contribution in [3.63, 3.8) is 0 Å². The standard InChI is InChI=1S/C19H21Cl2NO6/c1-19(2,3)28-18(25)22-15(17(23)24)9-12-5-6-13(27-12)10-26-16-8-11(20)4-7-14(16)21/h4-8,15H,9-10H2,1-3H3,(H,22,25)(H,23,24). The molecule has 152 valence electrons. The quantitative estimate of drug-likeness (QED) is 0.662. The minimum absolute atomic E-state index is 0.0491. The molecule has 9 heteroatoms. The van der Waals surface area contributed by atoms with Gasteiger partial charge in [-0.2, -0.15) is 0 Å². The number of alkyl carbamates (subject to hydrolysis) is 1. The molecular weight excluding hydrogens is 409 g/mol. The number of hydrogen-bond donors (Lipinski definition) is 2. The average molecular weight is 430 g/mol. The molecule has 0 bridgehead atoms. The third-order valence-corrected chi connectivity index (χ3v) is 3.92. The molecule has 0 saturated carbocycles. The van der Waals surface area contributed by atoms with Crippen LogP contribution in [0.3, 0.4) is 0 Å². The van der Waals surface area contributed by atoms with Gasteiger partial charge in [0.1, 0.15) is 35.5 Å². The minimum atomic E-state index is -1.20. The topological polar surface area (TPSA) is 98.0 Å². The van der Waals surface area contributed by atoms with E-state index in [0.717, 1.165) is 0 Å². The Labute approximate surface area is 172 Å². The number of benzene rings is 1. The van der Waals surface area contributed by atoms with Crippen molar-refractivity contribution >= 4 is 35.3 Å². The summed E-state index contributed by atoms with van der Waals surface area (Å²) in [7, 11) is 0. The highest BCUT2D eigenvalue weighted by Crippen LogP contribution is 2.28. The first kappa shape index (κ1) is 21.9. The molecule has 0 spiro atoms. The van der Waals surface area contributed by atoms with Crippen molar-refractivity contribution < 1.29 is 28.6 Å². The minimum Gasteiger partial charge on any atom is -0.484 e. The predicted molar refractivity (Wildman–Crippen MR) is 104 cm³/mol. The zero-order valence-corrected chi connectivity index (χ0v) is 17.1. The van der Waals surface area contributed by atoms with Crippen molar-refractivity contribution in [2.24, 2.45) is 0 Å². The van der Waals surface area contributed by atoms with Crippen molar-refractivity contribution in [1.29, 1.82) is 0 Å². The second-order valence-electron chi connectivity index (χ2n) is 6.97. The molecular formula is C19H21Cl2NO6. The number of carboxylic acid groups (broad SMARTS) is 1. The highest BCUT2D eigenvalue weighted by molar-refractivity contribution is 6.34. The zero-order valence-electron chi connectivity index (χ0n) is 15.6. The van der Waals surface area contributed by atoms with E-state index in [-0.39, 0.29) is 13.0 Å². The van der Waals surface area contributed by atoms with Gasteiger partial charge in [0.2, 0.25) is 0 Å². The van der Waals surface area contributed by atoms with Crippen LogP contribution in [0.15, 0.2) is 34.7 Å². The van der Waals surface area contributed by atoms with E-state index in [1.54, 1.807) is 51.1 Å². The van der Waals surface area contributed by atoms with E-state index in [9.17, 15) is 14.7 Å². The number of rotatable bonds is 7. The second kappa shape index (κ2) is 9.21. The van der Waals surface area contributed by atoms with Gasteiger partial charge in [-0.05, 0) is 45.0 Å². The largest absolute Gasteiger partial charge is 0.484 e. The van der Waals surface area contributed by atoms with E-state index in [1.807, 2.05) is 0 Å². The fourth-order valence-corrected chi connectivity index (χ4v) is 2.53. The Morgan fingerprint density at radius 2 is 1.86 bits per heavy atom. The number of aliphatic carboxylic acids is 1. The number of hydrogen-bond acceptors (Lipinski definition) is 5. The Kier molecular flexibility index (Phi) is 7.21. The van der Waals surface area contributed by atoms with Crippen LogP contribution in [0.25, 0.3) is 0 Å². The lowest BCUT2D eigenvalue weighted by molar-refractivity contribution is -0.139. The Hall–Kier alpha value is -2.38. The van der Waals surface area contributed by atoms with Crippen LogP contribution in [0.5, 0.6) is 5.75 Å². The lowest BCUT2D eigenvalue weighted by Crippen LogP contribution is -2.44. The Balaban J connectivity index is 1.96. The molecule has 1 aromatic heterocycles. The third-order valence-electron chi connectivity index (χ3n) is 3.37. The molecule has 0 aliphatic carbocycles. The summed E-state index contributed by atoms with van der Waals surface area (Å²) in [6.07, 6.45) is -0.863. The van der Waals surface area contributed by atoms with Gasteiger partial charge in [-0.25, -0.2) is 9.59 Å². The second-order valence-corrected chi connectivity index (χ2v) is 7.82. The summed E-state index contributed by atoms with van der Waals surface area (Å²) in [6.45, 7) is 5.14. The molecule has 0 radical (unpaired) electrons. The molecule has 0 saturated heterocycles. The predicted octanol–water partition coefficient (Wildman–Crippen LogP) is 4.69. The maximum Gasteiger partial charge on any atom is 0.408 e. The Bertz CT molecular complexity index is 843. The lowest BCUT2D eigenvalue weighted by atomic mass is 10.1. The van der Waals surface area contributed by atoms with Gasteiger partial charge < -0.3 is 24.3 Å². The van der Waals surface area contributed by atoms with Gasteiger partial charge in [0.25, 0.3) is 0 Å². The Morgan fingerprint density at radius 3 is 2.50 bits per heavy atom. The monoisotopic (exact) mass is 429 g/mol. The fourth-order valence-electron chi connectivity index (χ4n) is 2.20. The van der Waals surface area contributed by atoms with E-state index < -0.39 is 23.7 Å². The van der Waals surface area contributed by atoms with Gasteiger partial charge in [0, 0.05) is 17.5 Å². The summed E-state index contributed by atoms with van der Waals surface area (Å²) < 4.78 is 16.2. The average Bonchev–Trinajstić information content (AvgIpc) is 3.01. The lowest BCUT2D eigenvalue weighted by Gasteiger charge is -2.21. The number of carbonyl (C=O) groups excluding carboxylic acids is 1. The number of furan rings is 1. The smallest absolute Gasteiger partial charge is 0.408 e. The van der Waals surface area contributed by atoms with E-state index in [4.69, 9.17) is 37.1 Å². The summed E-state index contributed by atoms with van der Waals surface area (Å²) in [6, 6.07) is 6.92. The van der Waals surface area contributed by atoms with E-state index in [1.165, 1.54) is 0 Å². The number of ether oxygens (including phenoxy) is 2. The number of carbonyl (C=O) groups is 2. The van der Waals surface area contributed by atoms with Gasteiger partial charge >= 0.3 is 12.1 Å². The third kappa shape index (κ3) is 6.98. The number of carboxylic acids is 1. The maximum absolute atomic E-state index is 11.8. The van der Waals surface area contributed by atoms with Crippen molar-refractivity contribution in [3.8, 4) is 5.75 Å². The first-order valence-corrected chi connectivity index (χ1v) is 9.17. The van der Waals surface area contributed by atoms with E-state index >= 15 is 0 Å². The molecule has 2 aromatic rings. The van der Waals surface area contributed by atoms with Gasteiger partial charge in [-0.1, -0.05) is 23.2 Å². The van der Waals surface area contributed by atoms with Crippen LogP contribution < -0.4 is 10.1 Å². The molecule has 7 nitrogen and oxygen atoms in total. The summed E-state index contributed by atoms with van der Waals surface area (Å²) in [5, 5.41) is 12.5. The van der Waals surface area contributed by atoms with Crippen molar-refractivity contribution in [1.82, 2.24) is 5.32 Å². The SMILES string of the molecule is CC(C)(C)OC(=O)NC(Cc1ccc(COc2cc(Cl)ccc2Cl)o1)C(=O)O. The highest BCUT2D eigenvalue weighted by atomic mass is 35.5. The molecule has 0 aliphatic heterocycles. The van der Waals surface area contributed by atoms with Crippen LogP contribution in [-0.2, 0) is 22.6 Å². The zero-order chi connectivity index (χ0) is 20.9. The summed E-state index contributed by atoms with van der Waals surface area (Å²) >= 11 is 11.9. The highest BCUT2D eigenvalue weighted by Gasteiger charge is 2.25. The van der Waals surface area contributed by atoms with Gasteiger partial charge in [-0.3, -0.25) is 0 Å². The van der Waals surface area contributed by atoms with Crippen molar-refractivity contribution in [3.05, 3.63) is 51.9 Å².